The highest BCUT2D eigenvalue weighted by Crippen LogP contribution is 2.60. The molecule has 0 amide bonds. The van der Waals surface area contributed by atoms with Crippen LogP contribution in [0.3, 0.4) is 0 Å². The van der Waals surface area contributed by atoms with Crippen LogP contribution in [0.4, 0.5) is 0 Å². The number of hydrogen-bond acceptors (Lipinski definition) is 2. The molecule has 8 rings (SSSR count). The Labute approximate surface area is 268 Å². The van der Waals surface area contributed by atoms with Gasteiger partial charge in [-0.2, -0.15) is 0 Å². The quantitative estimate of drug-likeness (QED) is 0.119. The number of ether oxygens (including phenoxy) is 2. The first-order valence-corrected chi connectivity index (χ1v) is 20.3. The van der Waals surface area contributed by atoms with Gasteiger partial charge in [0.05, 0.1) is 11.2 Å². The van der Waals surface area contributed by atoms with Crippen LogP contribution in [0.2, 0.25) is 12.1 Å². The summed E-state index contributed by atoms with van der Waals surface area (Å²) >= 11 is 0. The predicted molar refractivity (Wildman–Crippen MR) is 187 cm³/mol. The average Bonchev–Trinajstić information content (AvgIpc) is 3.06. The Hall–Kier alpha value is -2.77. The van der Waals surface area contributed by atoms with Crippen LogP contribution < -0.4 is 20.7 Å². The van der Waals surface area contributed by atoms with Gasteiger partial charge in [-0.3, -0.25) is 0 Å². The molecule has 4 saturated carbocycles. The van der Waals surface area contributed by atoms with Crippen LogP contribution in [0, 0.1) is 11.8 Å². The van der Waals surface area contributed by atoms with E-state index in [0.29, 0.717) is 0 Å². The van der Waals surface area contributed by atoms with Crippen molar-refractivity contribution < 1.29 is 9.47 Å². The third kappa shape index (κ3) is 6.89. The molecule has 0 N–H and O–H groups in total. The van der Waals surface area contributed by atoms with E-state index in [4.69, 9.17) is 9.47 Å². The Morgan fingerprint density at radius 3 is 1.11 bits per heavy atom. The molecule has 4 aromatic rings. The first-order valence-electron chi connectivity index (χ1n) is 16.9. The SMILES string of the molecule is c1ccc([Si](CCCOC23CC4CC(C2)CC(OCCC[Si](c2ccccc2)c2ccccc2)(C4)C3)c2ccccc2)cc1. The van der Waals surface area contributed by atoms with Gasteiger partial charge in [-0.1, -0.05) is 142 Å². The van der Waals surface area contributed by atoms with Crippen LogP contribution in [-0.2, 0) is 9.47 Å². The molecule has 0 unspecified atom stereocenters. The van der Waals surface area contributed by atoms with Gasteiger partial charge in [0.2, 0.25) is 0 Å². The van der Waals surface area contributed by atoms with Crippen molar-refractivity contribution >= 4 is 38.3 Å². The summed E-state index contributed by atoms with van der Waals surface area (Å²) in [7, 11) is -1.61. The van der Waals surface area contributed by atoms with Gasteiger partial charge in [0, 0.05) is 19.6 Å². The van der Waals surface area contributed by atoms with Crippen molar-refractivity contribution in [2.75, 3.05) is 13.2 Å². The number of hydrogen-bond donors (Lipinski definition) is 0. The van der Waals surface area contributed by atoms with E-state index in [1.165, 1.54) is 64.9 Å². The van der Waals surface area contributed by atoms with Gasteiger partial charge in [-0.25, -0.2) is 0 Å². The molecule has 4 aromatic carbocycles. The lowest BCUT2D eigenvalue weighted by Crippen LogP contribution is -2.61. The van der Waals surface area contributed by atoms with E-state index in [1.807, 2.05) is 0 Å². The van der Waals surface area contributed by atoms with E-state index in [0.717, 1.165) is 44.3 Å². The van der Waals surface area contributed by atoms with Crippen molar-refractivity contribution in [3.8, 4) is 0 Å². The second-order valence-electron chi connectivity index (χ2n) is 13.7. The molecule has 0 heterocycles. The number of benzene rings is 4. The molecule has 0 saturated heterocycles. The van der Waals surface area contributed by atoms with Gasteiger partial charge < -0.3 is 9.47 Å². The van der Waals surface area contributed by atoms with E-state index in [1.54, 1.807) is 0 Å². The zero-order valence-corrected chi connectivity index (χ0v) is 28.0. The summed E-state index contributed by atoms with van der Waals surface area (Å²) in [6.07, 6.45) is 9.76. The van der Waals surface area contributed by atoms with Crippen molar-refractivity contribution in [2.45, 2.75) is 74.7 Å². The molecule has 2 nitrogen and oxygen atoms in total. The van der Waals surface area contributed by atoms with Gasteiger partial charge in [0.1, 0.15) is 17.6 Å². The second kappa shape index (κ2) is 13.7. The normalized spacial score (nSPS) is 25.6. The van der Waals surface area contributed by atoms with Crippen LogP contribution >= 0.6 is 0 Å². The molecule has 226 valence electrons. The minimum Gasteiger partial charge on any atom is -0.375 e. The standard InChI is InChI=1S/C40H46O2Si2/c1-5-15-35(16-6-1)43(36-17-7-2-8-18-36)25-13-23-41-39-28-33-27-34(29-39)31-40(30-33,32-39)42-24-14-26-44(37-19-9-3-10-20-37)38-21-11-4-12-22-38/h1-12,15-22,33-34H,13-14,23-32H2. The molecule has 0 aliphatic heterocycles. The van der Waals surface area contributed by atoms with Crippen LogP contribution in [0.5, 0.6) is 0 Å². The molecule has 4 fully saturated rings. The summed E-state index contributed by atoms with van der Waals surface area (Å²) in [6.45, 7) is 1.76. The minimum atomic E-state index is -0.803. The van der Waals surface area contributed by atoms with E-state index in [-0.39, 0.29) is 11.2 Å². The molecule has 4 heteroatoms. The molecule has 44 heavy (non-hydrogen) atoms. The van der Waals surface area contributed by atoms with Gasteiger partial charge in [-0.15, -0.1) is 0 Å². The van der Waals surface area contributed by atoms with Crippen molar-refractivity contribution in [3.63, 3.8) is 0 Å². The van der Waals surface area contributed by atoms with Gasteiger partial charge >= 0.3 is 0 Å². The van der Waals surface area contributed by atoms with Crippen molar-refractivity contribution in [1.82, 2.24) is 0 Å². The predicted octanol–water partition coefficient (Wildman–Crippen LogP) is 6.51. The van der Waals surface area contributed by atoms with Crippen molar-refractivity contribution in [2.24, 2.45) is 11.8 Å². The molecule has 2 radical (unpaired) electrons. The lowest BCUT2D eigenvalue weighted by Gasteiger charge is -2.61. The smallest absolute Gasteiger partial charge is 0.121 e. The molecule has 4 aliphatic rings. The molecule has 0 spiro atoms. The molecule has 4 aliphatic carbocycles. The fourth-order valence-electron chi connectivity index (χ4n) is 8.98. The first kappa shape index (κ1) is 29.9. The van der Waals surface area contributed by atoms with E-state index in [9.17, 15) is 0 Å². The Bertz CT molecular complexity index is 1240. The van der Waals surface area contributed by atoms with Gasteiger partial charge in [-0.05, 0) is 68.9 Å². The maximum atomic E-state index is 6.99. The van der Waals surface area contributed by atoms with Crippen LogP contribution in [0.1, 0.15) is 51.4 Å². The van der Waals surface area contributed by atoms with Crippen molar-refractivity contribution in [3.05, 3.63) is 121 Å². The second-order valence-corrected chi connectivity index (χ2v) is 18.9. The lowest BCUT2D eigenvalue weighted by atomic mass is 9.52. The Kier molecular flexibility index (Phi) is 9.32. The minimum absolute atomic E-state index is 0.0412. The third-order valence-electron chi connectivity index (χ3n) is 10.4. The summed E-state index contributed by atoms with van der Waals surface area (Å²) in [5.74, 6) is 1.55. The highest BCUT2D eigenvalue weighted by atomic mass is 28.3. The largest absolute Gasteiger partial charge is 0.375 e. The Morgan fingerprint density at radius 2 is 0.795 bits per heavy atom. The lowest BCUT2D eigenvalue weighted by molar-refractivity contribution is -0.236. The zero-order chi connectivity index (χ0) is 29.7. The van der Waals surface area contributed by atoms with Crippen LogP contribution in [-0.4, -0.2) is 42.0 Å². The maximum Gasteiger partial charge on any atom is 0.121 e. The topological polar surface area (TPSA) is 18.5 Å². The van der Waals surface area contributed by atoms with E-state index >= 15 is 0 Å². The van der Waals surface area contributed by atoms with Crippen LogP contribution in [0.25, 0.3) is 0 Å². The van der Waals surface area contributed by atoms with Gasteiger partial charge in [0.15, 0.2) is 0 Å². The zero-order valence-electron chi connectivity index (χ0n) is 26.0. The summed E-state index contributed by atoms with van der Waals surface area (Å²) in [6, 6.07) is 47.1. The van der Waals surface area contributed by atoms with Gasteiger partial charge in [0.25, 0.3) is 0 Å². The highest BCUT2D eigenvalue weighted by Gasteiger charge is 2.59. The third-order valence-corrected chi connectivity index (χ3v) is 16.2. The summed E-state index contributed by atoms with van der Waals surface area (Å²) < 4.78 is 14.0. The van der Waals surface area contributed by atoms with E-state index < -0.39 is 17.6 Å². The fraction of sp³-hybridized carbons (Fsp3) is 0.400. The Morgan fingerprint density at radius 1 is 0.477 bits per heavy atom. The fourth-order valence-corrected chi connectivity index (χ4v) is 14.2. The first-order chi connectivity index (χ1) is 21.7. The highest BCUT2D eigenvalue weighted by molar-refractivity contribution is 6.85. The van der Waals surface area contributed by atoms with Crippen LogP contribution in [0.15, 0.2) is 121 Å². The average molecular weight is 615 g/mol. The molecular weight excluding hydrogens is 569 g/mol. The molecule has 0 atom stereocenters. The maximum absolute atomic E-state index is 6.99. The number of rotatable bonds is 14. The molecule has 0 aromatic heterocycles. The monoisotopic (exact) mass is 614 g/mol. The summed E-state index contributed by atoms with van der Waals surface area (Å²) in [5.41, 5.74) is 0.0824. The Balaban J connectivity index is 0.956. The summed E-state index contributed by atoms with van der Waals surface area (Å²) in [5, 5.41) is 6.04. The summed E-state index contributed by atoms with van der Waals surface area (Å²) in [4.78, 5) is 0. The van der Waals surface area contributed by atoms with E-state index in [2.05, 4.69) is 121 Å². The van der Waals surface area contributed by atoms with Crippen molar-refractivity contribution in [1.29, 1.82) is 0 Å². The molecule has 4 bridgehead atoms. The molecular formula is C40H46O2Si2.